The van der Waals surface area contributed by atoms with Gasteiger partial charge in [0.2, 0.25) is 0 Å². The molecule has 1 aromatic heterocycles. The Bertz CT molecular complexity index is 715. The summed E-state index contributed by atoms with van der Waals surface area (Å²) in [7, 11) is 0. The summed E-state index contributed by atoms with van der Waals surface area (Å²) in [6.07, 6.45) is 0. The Balaban J connectivity index is 1.71. The van der Waals surface area contributed by atoms with Crippen LogP contribution in [0.5, 0.6) is 0 Å². The van der Waals surface area contributed by atoms with Gasteiger partial charge in [-0.2, -0.15) is 5.26 Å². The maximum absolute atomic E-state index is 13.7. The van der Waals surface area contributed by atoms with E-state index in [-0.39, 0.29) is 11.5 Å². The van der Waals surface area contributed by atoms with Gasteiger partial charge >= 0.3 is 0 Å². The zero-order valence-electron chi connectivity index (χ0n) is 11.8. The van der Waals surface area contributed by atoms with E-state index in [0.29, 0.717) is 31.9 Å². The number of hydrogen-bond donors (Lipinski definition) is 0. The van der Waals surface area contributed by atoms with Crippen LogP contribution in [0.4, 0.5) is 10.1 Å². The molecule has 2 heterocycles. The lowest BCUT2D eigenvalue weighted by atomic mass is 10.1. The van der Waals surface area contributed by atoms with Crippen molar-refractivity contribution in [1.29, 1.82) is 5.26 Å². The molecule has 1 amide bonds. The van der Waals surface area contributed by atoms with E-state index in [9.17, 15) is 9.18 Å². The molecule has 0 saturated carbocycles. The van der Waals surface area contributed by atoms with Crippen LogP contribution < -0.4 is 4.90 Å². The number of anilines is 1. The largest absolute Gasteiger partial charge is 0.367 e. The highest BCUT2D eigenvalue weighted by atomic mass is 32.1. The van der Waals surface area contributed by atoms with Crippen LogP contribution in [-0.2, 0) is 0 Å². The summed E-state index contributed by atoms with van der Waals surface area (Å²) in [5.41, 5.74) is 0.672. The van der Waals surface area contributed by atoms with Crippen LogP contribution in [0.1, 0.15) is 15.2 Å². The Morgan fingerprint density at radius 1 is 1.18 bits per heavy atom. The molecular formula is C16H14FN3OS. The highest BCUT2D eigenvalue weighted by Gasteiger charge is 2.24. The molecule has 2 aromatic rings. The highest BCUT2D eigenvalue weighted by Crippen LogP contribution is 2.24. The summed E-state index contributed by atoms with van der Waals surface area (Å²) in [4.78, 5) is 16.8. The van der Waals surface area contributed by atoms with E-state index in [1.165, 1.54) is 17.4 Å². The van der Waals surface area contributed by atoms with Gasteiger partial charge in [-0.15, -0.1) is 11.3 Å². The van der Waals surface area contributed by atoms with E-state index in [0.717, 1.165) is 4.88 Å². The Morgan fingerprint density at radius 2 is 1.95 bits per heavy atom. The Kier molecular flexibility index (Phi) is 4.07. The number of amides is 1. The lowest BCUT2D eigenvalue weighted by molar-refractivity contribution is 0.0751. The molecule has 1 saturated heterocycles. The molecule has 0 bridgehead atoms. The van der Waals surface area contributed by atoms with Crippen molar-refractivity contribution < 1.29 is 9.18 Å². The minimum atomic E-state index is -0.503. The lowest BCUT2D eigenvalue weighted by Gasteiger charge is -2.36. The molecule has 0 spiro atoms. The number of nitriles is 1. The molecule has 1 aromatic carbocycles. The molecule has 3 rings (SSSR count). The van der Waals surface area contributed by atoms with E-state index in [2.05, 4.69) is 0 Å². The van der Waals surface area contributed by atoms with Crippen molar-refractivity contribution in [2.75, 3.05) is 31.1 Å². The average molecular weight is 315 g/mol. The minimum absolute atomic E-state index is 0.0365. The number of thiophene rings is 1. The third kappa shape index (κ3) is 2.68. The van der Waals surface area contributed by atoms with Crippen molar-refractivity contribution in [3.63, 3.8) is 0 Å². The van der Waals surface area contributed by atoms with Gasteiger partial charge in [-0.25, -0.2) is 4.39 Å². The van der Waals surface area contributed by atoms with Crippen LogP contribution in [0.25, 0.3) is 0 Å². The standard InChI is InChI=1S/C16H14FN3OS/c17-13-3-1-4-14(12(13)11-18)19-6-8-20(9-7-19)16(21)15-5-2-10-22-15/h1-5,10H,6-9H2. The Hall–Kier alpha value is -2.39. The van der Waals surface area contributed by atoms with E-state index < -0.39 is 5.82 Å². The van der Waals surface area contributed by atoms with Crippen molar-refractivity contribution in [2.45, 2.75) is 0 Å². The number of halogens is 1. The maximum atomic E-state index is 13.7. The Morgan fingerprint density at radius 3 is 2.59 bits per heavy atom. The van der Waals surface area contributed by atoms with Crippen LogP contribution >= 0.6 is 11.3 Å². The minimum Gasteiger partial charge on any atom is -0.367 e. The Labute approximate surface area is 132 Å². The third-order valence-electron chi connectivity index (χ3n) is 3.74. The molecule has 22 heavy (non-hydrogen) atoms. The van der Waals surface area contributed by atoms with E-state index in [1.54, 1.807) is 17.0 Å². The van der Waals surface area contributed by atoms with Gasteiger partial charge < -0.3 is 9.80 Å². The molecule has 1 fully saturated rings. The first-order chi connectivity index (χ1) is 10.7. The normalized spacial score (nSPS) is 14.7. The van der Waals surface area contributed by atoms with Gasteiger partial charge in [0.05, 0.1) is 10.6 Å². The molecule has 0 N–H and O–H groups in total. The van der Waals surface area contributed by atoms with Crippen molar-refractivity contribution in [1.82, 2.24) is 4.90 Å². The third-order valence-corrected chi connectivity index (χ3v) is 4.60. The molecular weight excluding hydrogens is 301 g/mol. The van der Waals surface area contributed by atoms with Gasteiger partial charge in [-0.3, -0.25) is 4.79 Å². The number of benzene rings is 1. The fourth-order valence-electron chi connectivity index (χ4n) is 2.59. The van der Waals surface area contributed by atoms with E-state index in [4.69, 9.17) is 5.26 Å². The zero-order chi connectivity index (χ0) is 15.5. The highest BCUT2D eigenvalue weighted by molar-refractivity contribution is 7.12. The molecule has 1 aliphatic rings. The van der Waals surface area contributed by atoms with Gasteiger partial charge in [0.1, 0.15) is 17.4 Å². The second-order valence-corrected chi connectivity index (χ2v) is 5.95. The summed E-state index contributed by atoms with van der Waals surface area (Å²) in [6, 6.07) is 10.2. The summed E-state index contributed by atoms with van der Waals surface area (Å²) in [5, 5.41) is 11.0. The lowest BCUT2D eigenvalue weighted by Crippen LogP contribution is -2.48. The van der Waals surface area contributed by atoms with Gasteiger partial charge in [0.25, 0.3) is 5.91 Å². The predicted octanol–water partition coefficient (Wildman–Crippen LogP) is 2.72. The fraction of sp³-hybridized carbons (Fsp3) is 0.250. The quantitative estimate of drug-likeness (QED) is 0.856. The van der Waals surface area contributed by atoms with Gasteiger partial charge in [0.15, 0.2) is 0 Å². The first kappa shape index (κ1) is 14.5. The first-order valence-electron chi connectivity index (χ1n) is 6.97. The topological polar surface area (TPSA) is 47.3 Å². The van der Waals surface area contributed by atoms with Crippen molar-refractivity contribution in [2.24, 2.45) is 0 Å². The van der Waals surface area contributed by atoms with Gasteiger partial charge in [-0.1, -0.05) is 12.1 Å². The van der Waals surface area contributed by atoms with E-state index in [1.807, 2.05) is 28.5 Å². The molecule has 0 radical (unpaired) electrons. The molecule has 4 nitrogen and oxygen atoms in total. The number of hydrogen-bond acceptors (Lipinski definition) is 4. The van der Waals surface area contributed by atoms with Crippen LogP contribution in [0.2, 0.25) is 0 Å². The second kappa shape index (κ2) is 6.16. The smallest absolute Gasteiger partial charge is 0.264 e. The molecule has 0 unspecified atom stereocenters. The predicted molar refractivity (Wildman–Crippen MR) is 83.6 cm³/mol. The van der Waals surface area contributed by atoms with Crippen LogP contribution in [-0.4, -0.2) is 37.0 Å². The van der Waals surface area contributed by atoms with Crippen LogP contribution in [0.3, 0.4) is 0 Å². The fourth-order valence-corrected chi connectivity index (χ4v) is 3.28. The average Bonchev–Trinajstić information content (AvgIpc) is 3.08. The van der Waals surface area contributed by atoms with Gasteiger partial charge in [-0.05, 0) is 23.6 Å². The second-order valence-electron chi connectivity index (χ2n) is 5.00. The molecule has 0 atom stereocenters. The van der Waals surface area contributed by atoms with Crippen LogP contribution in [0, 0.1) is 17.1 Å². The zero-order valence-corrected chi connectivity index (χ0v) is 12.6. The SMILES string of the molecule is N#Cc1c(F)cccc1N1CCN(C(=O)c2cccs2)CC1. The summed E-state index contributed by atoms with van der Waals surface area (Å²) < 4.78 is 13.7. The number of piperazine rings is 1. The number of rotatable bonds is 2. The number of carbonyl (C=O) groups is 1. The first-order valence-corrected chi connectivity index (χ1v) is 7.85. The summed E-state index contributed by atoms with van der Waals surface area (Å²) in [6.45, 7) is 2.32. The van der Waals surface area contributed by atoms with Gasteiger partial charge in [0, 0.05) is 26.2 Å². The summed E-state index contributed by atoms with van der Waals surface area (Å²) >= 11 is 1.43. The van der Waals surface area contributed by atoms with E-state index >= 15 is 0 Å². The number of carbonyl (C=O) groups excluding carboxylic acids is 1. The van der Waals surface area contributed by atoms with Crippen molar-refractivity contribution in [3.05, 3.63) is 52.0 Å². The molecule has 0 aliphatic carbocycles. The molecule has 1 aliphatic heterocycles. The van der Waals surface area contributed by atoms with Crippen molar-refractivity contribution in [3.8, 4) is 6.07 Å². The molecule has 112 valence electrons. The monoisotopic (exact) mass is 315 g/mol. The number of nitrogens with zero attached hydrogens (tertiary/aromatic N) is 3. The maximum Gasteiger partial charge on any atom is 0.264 e. The van der Waals surface area contributed by atoms with Crippen LogP contribution in [0.15, 0.2) is 35.7 Å². The summed E-state index contributed by atoms with van der Waals surface area (Å²) in [5.74, 6) is -0.466. The molecule has 6 heteroatoms. The van der Waals surface area contributed by atoms with Crippen molar-refractivity contribution >= 4 is 22.9 Å².